The van der Waals surface area contributed by atoms with E-state index in [2.05, 4.69) is 14.8 Å². The molecule has 2 atom stereocenters. The molecule has 1 aliphatic rings. The van der Waals surface area contributed by atoms with Gasteiger partial charge in [0.1, 0.15) is 11.7 Å². The van der Waals surface area contributed by atoms with Gasteiger partial charge in [0, 0.05) is 16.7 Å². The highest BCUT2D eigenvalue weighted by molar-refractivity contribution is 6.53. The summed E-state index contributed by atoms with van der Waals surface area (Å²) >= 11 is 0. The second-order valence-electron chi connectivity index (χ2n) is 7.83. The Morgan fingerprint density at radius 3 is 2.03 bits per heavy atom. The maximum absolute atomic E-state index is 16.2. The molecule has 9 nitrogen and oxygen atoms in total. The van der Waals surface area contributed by atoms with Crippen LogP contribution in [-0.2, 0) is 28.7 Å². The largest absolute Gasteiger partial charge is 0.507 e. The van der Waals surface area contributed by atoms with E-state index in [1.54, 1.807) is 0 Å². The molecule has 1 amide bonds. The summed E-state index contributed by atoms with van der Waals surface area (Å²) in [5.41, 5.74) is -6.31. The van der Waals surface area contributed by atoms with E-state index in [9.17, 15) is 29.1 Å². The number of hydrogen-bond donors (Lipinski definition) is 2. The highest BCUT2D eigenvalue weighted by Crippen LogP contribution is 2.39. The number of Topliss-reactive ketones (excluding diaryl/α,β-unsaturated/α-hetero) is 2. The molecule has 1 unspecified atom stereocenters. The van der Waals surface area contributed by atoms with Crippen LogP contribution in [0, 0.1) is 5.92 Å². The van der Waals surface area contributed by atoms with Crippen LogP contribution >= 0.6 is 0 Å². The molecule has 1 aliphatic carbocycles. The third-order valence-electron chi connectivity index (χ3n) is 4.56. The van der Waals surface area contributed by atoms with Gasteiger partial charge < -0.3 is 19.9 Å². The number of alkyl halides is 1. The van der Waals surface area contributed by atoms with Gasteiger partial charge >= 0.3 is 17.6 Å². The van der Waals surface area contributed by atoms with Crippen molar-refractivity contribution >= 4 is 35.2 Å². The Kier molecular flexibility index (Phi) is 6.34. The Balaban J connectivity index is 2.86. The van der Waals surface area contributed by atoms with Crippen LogP contribution in [0.25, 0.3) is 5.76 Å². The van der Waals surface area contributed by atoms with E-state index in [-0.39, 0.29) is 11.1 Å². The van der Waals surface area contributed by atoms with Crippen LogP contribution in [-0.4, -0.2) is 59.9 Å². The van der Waals surface area contributed by atoms with Crippen LogP contribution in [0.5, 0.6) is 0 Å². The average Bonchev–Trinajstić information content (AvgIpc) is 2.72. The van der Waals surface area contributed by atoms with E-state index in [0.717, 1.165) is 14.2 Å². The van der Waals surface area contributed by atoms with Crippen molar-refractivity contribution in [3.05, 3.63) is 41.0 Å². The normalized spacial score (nSPS) is 16.7. The molecule has 0 fully saturated rings. The lowest BCUT2D eigenvalue weighted by Crippen LogP contribution is -2.61. The summed E-state index contributed by atoms with van der Waals surface area (Å²) in [5.74, 6) is -11.1. The van der Waals surface area contributed by atoms with E-state index >= 15 is 4.39 Å². The zero-order chi connectivity index (χ0) is 23.7. The van der Waals surface area contributed by atoms with Crippen molar-refractivity contribution in [2.75, 3.05) is 14.2 Å². The van der Waals surface area contributed by atoms with Gasteiger partial charge in [-0.25, -0.2) is 9.18 Å². The molecule has 0 aromatic heterocycles. The van der Waals surface area contributed by atoms with Gasteiger partial charge in [-0.05, 0) is 20.8 Å². The zero-order valence-electron chi connectivity index (χ0n) is 17.6. The predicted molar refractivity (Wildman–Crippen MR) is 105 cm³/mol. The van der Waals surface area contributed by atoms with Gasteiger partial charge in [0.25, 0.3) is 5.91 Å². The lowest BCUT2D eigenvalue weighted by atomic mass is 9.75. The molecule has 0 radical (unpaired) electrons. The molecule has 1 aromatic carbocycles. The van der Waals surface area contributed by atoms with Crippen LogP contribution in [0.2, 0.25) is 0 Å². The highest BCUT2D eigenvalue weighted by atomic mass is 19.1. The molecule has 0 saturated carbocycles. The number of esters is 2. The summed E-state index contributed by atoms with van der Waals surface area (Å²) in [6.07, 6.45) is 0. The summed E-state index contributed by atoms with van der Waals surface area (Å²) < 4.78 is 25.2. The van der Waals surface area contributed by atoms with Gasteiger partial charge in [-0.1, -0.05) is 24.3 Å². The van der Waals surface area contributed by atoms with Crippen molar-refractivity contribution < 1.29 is 42.9 Å². The summed E-state index contributed by atoms with van der Waals surface area (Å²) in [4.78, 5) is 63.2. The molecule has 1 aromatic rings. The van der Waals surface area contributed by atoms with Crippen molar-refractivity contribution in [3.63, 3.8) is 0 Å². The molecule has 2 rings (SSSR count). The molecule has 31 heavy (non-hydrogen) atoms. The summed E-state index contributed by atoms with van der Waals surface area (Å²) in [6.45, 7) is 4.45. The Morgan fingerprint density at radius 2 is 1.55 bits per heavy atom. The molecule has 10 heteroatoms. The maximum Gasteiger partial charge on any atom is 0.354 e. The number of aliphatic hydroxyl groups excluding tert-OH is 1. The Hall–Kier alpha value is -3.56. The molecule has 0 bridgehead atoms. The third kappa shape index (κ3) is 4.05. The van der Waals surface area contributed by atoms with Crippen molar-refractivity contribution in [1.29, 1.82) is 0 Å². The number of carbonyl (C=O) groups is 5. The van der Waals surface area contributed by atoms with Gasteiger partial charge in [-0.2, -0.15) is 0 Å². The van der Waals surface area contributed by atoms with E-state index in [4.69, 9.17) is 0 Å². The fourth-order valence-corrected chi connectivity index (χ4v) is 3.17. The minimum atomic E-state index is -3.83. The van der Waals surface area contributed by atoms with E-state index in [0.29, 0.717) is 0 Å². The molecule has 0 aliphatic heterocycles. The van der Waals surface area contributed by atoms with Gasteiger partial charge in [0.15, 0.2) is 0 Å². The average molecular weight is 435 g/mol. The first-order valence-electron chi connectivity index (χ1n) is 9.10. The van der Waals surface area contributed by atoms with E-state index < -0.39 is 57.9 Å². The monoisotopic (exact) mass is 435 g/mol. The molecule has 0 saturated heterocycles. The van der Waals surface area contributed by atoms with E-state index in [1.165, 1.54) is 45.0 Å². The molecule has 0 spiro atoms. The number of amides is 1. The minimum absolute atomic E-state index is 0.167. The van der Waals surface area contributed by atoms with E-state index in [1.807, 2.05) is 0 Å². The van der Waals surface area contributed by atoms with Gasteiger partial charge in [0.2, 0.25) is 11.6 Å². The van der Waals surface area contributed by atoms with Crippen molar-refractivity contribution in [3.8, 4) is 0 Å². The van der Waals surface area contributed by atoms with Crippen molar-refractivity contribution in [2.45, 2.75) is 32.0 Å². The molecular formula is C21H22FNO8. The lowest BCUT2D eigenvalue weighted by molar-refractivity contribution is -0.172. The predicted octanol–water partition coefficient (Wildman–Crippen LogP) is 1.31. The first-order valence-corrected chi connectivity index (χ1v) is 9.10. The lowest BCUT2D eigenvalue weighted by Gasteiger charge is -2.33. The number of carbonyl (C=O) groups excluding carboxylic acids is 5. The Labute approximate surface area is 177 Å². The zero-order valence-corrected chi connectivity index (χ0v) is 17.6. The molecular weight excluding hydrogens is 413 g/mol. The quantitative estimate of drug-likeness (QED) is 0.401. The number of ketones is 2. The van der Waals surface area contributed by atoms with Gasteiger partial charge in [0.05, 0.1) is 19.8 Å². The van der Waals surface area contributed by atoms with Gasteiger partial charge in [-0.3, -0.25) is 19.2 Å². The smallest absolute Gasteiger partial charge is 0.354 e. The van der Waals surface area contributed by atoms with Crippen LogP contribution in [0.4, 0.5) is 4.39 Å². The van der Waals surface area contributed by atoms with Gasteiger partial charge in [-0.15, -0.1) is 0 Å². The number of methoxy groups -OCH3 is 2. The Morgan fingerprint density at radius 1 is 1.00 bits per heavy atom. The number of benzene rings is 1. The van der Waals surface area contributed by atoms with Crippen LogP contribution in [0.15, 0.2) is 29.8 Å². The first kappa shape index (κ1) is 23.7. The van der Waals surface area contributed by atoms with Crippen LogP contribution in [0.3, 0.4) is 0 Å². The van der Waals surface area contributed by atoms with Crippen molar-refractivity contribution in [2.24, 2.45) is 5.92 Å². The summed E-state index contributed by atoms with van der Waals surface area (Å²) in [6, 6.07) is 5.38. The number of ether oxygens (including phenoxy) is 2. The summed E-state index contributed by atoms with van der Waals surface area (Å²) in [5, 5.41) is 12.9. The highest BCUT2D eigenvalue weighted by Gasteiger charge is 2.62. The number of aliphatic hydroxyl groups is 1. The molecule has 0 heterocycles. The number of hydrogen-bond acceptors (Lipinski definition) is 8. The fourth-order valence-electron chi connectivity index (χ4n) is 3.17. The first-order chi connectivity index (χ1) is 14.3. The number of nitrogens with one attached hydrogen (secondary N) is 1. The van der Waals surface area contributed by atoms with Crippen LogP contribution < -0.4 is 5.32 Å². The minimum Gasteiger partial charge on any atom is -0.507 e. The number of halogens is 1. The maximum atomic E-state index is 16.2. The fraction of sp³-hybridized carbons (Fsp3) is 0.381. The second kappa shape index (κ2) is 8.29. The molecule has 2 N–H and O–H groups in total. The number of fused-ring (bicyclic) bond motifs is 1. The second-order valence-corrected chi connectivity index (χ2v) is 7.83. The SMILES string of the molecule is COC(=O)[C@@H](C1=C(O)c2ccccc2C(=O)C1=O)C(F)(C(=O)NC(C)(C)C)C(=O)OC. The molecule has 166 valence electrons. The standard InChI is InChI=1S/C21H22FNO8/c1-20(2,3)23-18(28)21(22,19(29)31-5)13(17(27)30-4)12-14(24)10-8-6-7-9-11(10)15(25)16(12)26/h6-9,13,24H,1-5H3,(H,23,28)/t13-,21?/m1/s1. The third-order valence-corrected chi connectivity index (χ3v) is 4.56. The van der Waals surface area contributed by atoms with Crippen LogP contribution in [0.1, 0.15) is 36.7 Å². The topological polar surface area (TPSA) is 136 Å². The Bertz CT molecular complexity index is 1010. The number of rotatable bonds is 5. The summed E-state index contributed by atoms with van der Waals surface area (Å²) in [7, 11) is 1.60. The van der Waals surface area contributed by atoms with Crippen molar-refractivity contribution in [1.82, 2.24) is 5.32 Å².